The summed E-state index contributed by atoms with van der Waals surface area (Å²) in [6.07, 6.45) is 0.993. The van der Waals surface area contributed by atoms with Gasteiger partial charge in [0.1, 0.15) is 0 Å². The standard InChI is InChI=1S/C13H14BrNO3S/c1-15(11-2-3-19-7-11)12(16)8-4-9(13(17)18)6-10(14)5-8/h4-6,11H,2-3,7H2,1H3,(H,17,18). The van der Waals surface area contributed by atoms with Gasteiger partial charge in [-0.1, -0.05) is 15.9 Å². The summed E-state index contributed by atoms with van der Waals surface area (Å²) < 4.78 is 0.602. The fraction of sp³-hybridized carbons (Fsp3) is 0.385. The summed E-state index contributed by atoms with van der Waals surface area (Å²) in [6, 6.07) is 4.82. The molecule has 1 aromatic rings. The molecule has 1 amide bonds. The third kappa shape index (κ3) is 3.30. The summed E-state index contributed by atoms with van der Waals surface area (Å²) in [5.41, 5.74) is 0.526. The monoisotopic (exact) mass is 343 g/mol. The van der Waals surface area contributed by atoms with Gasteiger partial charge in [0.2, 0.25) is 0 Å². The Hall–Kier alpha value is -1.01. The number of halogens is 1. The number of rotatable bonds is 3. The molecule has 1 fully saturated rings. The largest absolute Gasteiger partial charge is 0.478 e. The number of carboxylic acids is 1. The van der Waals surface area contributed by atoms with Crippen LogP contribution in [0.15, 0.2) is 22.7 Å². The Morgan fingerprint density at radius 3 is 2.63 bits per heavy atom. The molecule has 0 spiro atoms. The van der Waals surface area contributed by atoms with E-state index < -0.39 is 5.97 Å². The molecule has 0 saturated carbocycles. The summed E-state index contributed by atoms with van der Waals surface area (Å²) >= 11 is 5.08. The van der Waals surface area contributed by atoms with Gasteiger partial charge in [0.25, 0.3) is 5.91 Å². The second-order valence-electron chi connectivity index (χ2n) is 4.47. The predicted molar refractivity (Wildman–Crippen MR) is 78.9 cm³/mol. The second-order valence-corrected chi connectivity index (χ2v) is 6.53. The van der Waals surface area contributed by atoms with E-state index in [1.54, 1.807) is 18.0 Å². The molecule has 1 aliphatic rings. The molecular formula is C13H14BrNO3S. The molecule has 19 heavy (non-hydrogen) atoms. The Balaban J connectivity index is 2.25. The number of thioether (sulfide) groups is 1. The van der Waals surface area contributed by atoms with E-state index in [0.717, 1.165) is 17.9 Å². The molecular weight excluding hydrogens is 330 g/mol. The Morgan fingerprint density at radius 1 is 1.37 bits per heavy atom. The van der Waals surface area contributed by atoms with E-state index in [9.17, 15) is 9.59 Å². The molecule has 1 aliphatic heterocycles. The molecule has 0 radical (unpaired) electrons. The van der Waals surface area contributed by atoms with Crippen LogP contribution in [0.3, 0.4) is 0 Å². The lowest BCUT2D eigenvalue weighted by atomic mass is 10.1. The third-order valence-corrected chi connectivity index (χ3v) is 4.77. The molecule has 1 N–H and O–H groups in total. The van der Waals surface area contributed by atoms with Crippen LogP contribution in [0, 0.1) is 0 Å². The van der Waals surface area contributed by atoms with E-state index in [1.165, 1.54) is 12.1 Å². The second kappa shape index (κ2) is 5.96. The van der Waals surface area contributed by atoms with Crippen LogP contribution in [-0.2, 0) is 0 Å². The average Bonchev–Trinajstić information content (AvgIpc) is 2.90. The number of nitrogens with zero attached hydrogens (tertiary/aromatic N) is 1. The van der Waals surface area contributed by atoms with Gasteiger partial charge in [0.15, 0.2) is 0 Å². The van der Waals surface area contributed by atoms with Gasteiger partial charge in [-0.2, -0.15) is 11.8 Å². The lowest BCUT2D eigenvalue weighted by Gasteiger charge is -2.24. The van der Waals surface area contributed by atoms with Crippen LogP contribution >= 0.6 is 27.7 Å². The smallest absolute Gasteiger partial charge is 0.335 e. The topological polar surface area (TPSA) is 57.6 Å². The van der Waals surface area contributed by atoms with Gasteiger partial charge < -0.3 is 10.0 Å². The first-order chi connectivity index (χ1) is 8.99. The van der Waals surface area contributed by atoms with Crippen molar-refractivity contribution in [1.82, 2.24) is 4.90 Å². The lowest BCUT2D eigenvalue weighted by Crippen LogP contribution is -2.37. The van der Waals surface area contributed by atoms with E-state index in [0.29, 0.717) is 10.0 Å². The van der Waals surface area contributed by atoms with Crippen LogP contribution in [0.4, 0.5) is 0 Å². The van der Waals surface area contributed by atoms with E-state index in [2.05, 4.69) is 15.9 Å². The van der Waals surface area contributed by atoms with Gasteiger partial charge in [-0.05, 0) is 30.4 Å². The molecule has 102 valence electrons. The van der Waals surface area contributed by atoms with Crippen molar-refractivity contribution in [2.45, 2.75) is 12.5 Å². The van der Waals surface area contributed by atoms with Crippen molar-refractivity contribution in [1.29, 1.82) is 0 Å². The van der Waals surface area contributed by atoms with Crippen LogP contribution in [0.5, 0.6) is 0 Å². The summed E-state index contributed by atoms with van der Waals surface area (Å²) in [7, 11) is 1.78. The lowest BCUT2D eigenvalue weighted by molar-refractivity contribution is 0.0697. The fourth-order valence-electron chi connectivity index (χ4n) is 2.03. The summed E-state index contributed by atoms with van der Waals surface area (Å²) in [5, 5.41) is 9.02. The van der Waals surface area contributed by atoms with Crippen LogP contribution in [-0.4, -0.2) is 46.5 Å². The molecule has 1 heterocycles. The zero-order chi connectivity index (χ0) is 14.0. The molecule has 0 aromatic heterocycles. The number of carbonyl (C=O) groups is 2. The molecule has 2 rings (SSSR count). The van der Waals surface area contributed by atoms with Crippen LogP contribution in [0.2, 0.25) is 0 Å². The van der Waals surface area contributed by atoms with Gasteiger partial charge >= 0.3 is 5.97 Å². The molecule has 4 nitrogen and oxygen atoms in total. The summed E-state index contributed by atoms with van der Waals surface area (Å²) in [5.74, 6) is 0.856. The zero-order valence-corrected chi connectivity index (χ0v) is 12.8. The van der Waals surface area contributed by atoms with Gasteiger partial charge in [0.05, 0.1) is 5.56 Å². The van der Waals surface area contributed by atoms with Crippen molar-refractivity contribution in [2.24, 2.45) is 0 Å². The molecule has 6 heteroatoms. The first-order valence-corrected chi connectivity index (χ1v) is 7.82. The maximum Gasteiger partial charge on any atom is 0.335 e. The van der Waals surface area contributed by atoms with E-state index in [-0.39, 0.29) is 17.5 Å². The minimum atomic E-state index is -1.03. The Bertz CT molecular complexity index is 515. The number of hydrogen-bond acceptors (Lipinski definition) is 3. The van der Waals surface area contributed by atoms with Crippen molar-refractivity contribution in [2.75, 3.05) is 18.6 Å². The maximum atomic E-state index is 12.4. The number of hydrogen-bond donors (Lipinski definition) is 1. The minimum Gasteiger partial charge on any atom is -0.478 e. The highest BCUT2D eigenvalue weighted by Gasteiger charge is 2.25. The maximum absolute atomic E-state index is 12.4. The third-order valence-electron chi connectivity index (χ3n) is 3.17. The highest BCUT2D eigenvalue weighted by molar-refractivity contribution is 9.10. The van der Waals surface area contributed by atoms with Gasteiger partial charge in [-0.25, -0.2) is 4.79 Å². The SMILES string of the molecule is CN(C(=O)c1cc(Br)cc(C(=O)O)c1)C1CCSC1. The molecule has 1 unspecified atom stereocenters. The van der Waals surface area contributed by atoms with E-state index in [4.69, 9.17) is 5.11 Å². The molecule has 1 atom stereocenters. The van der Waals surface area contributed by atoms with Crippen molar-refractivity contribution in [3.63, 3.8) is 0 Å². The molecule has 1 saturated heterocycles. The molecule has 1 aromatic carbocycles. The number of aromatic carboxylic acids is 1. The number of amides is 1. The fourth-order valence-corrected chi connectivity index (χ4v) is 3.79. The van der Waals surface area contributed by atoms with Gasteiger partial charge in [-0.3, -0.25) is 4.79 Å². The first-order valence-electron chi connectivity index (χ1n) is 5.88. The van der Waals surface area contributed by atoms with Crippen molar-refractivity contribution >= 4 is 39.6 Å². The predicted octanol–water partition coefficient (Wildman–Crippen LogP) is 2.72. The Morgan fingerprint density at radius 2 is 2.05 bits per heavy atom. The molecule has 0 bridgehead atoms. The quantitative estimate of drug-likeness (QED) is 0.916. The van der Waals surface area contributed by atoms with Gasteiger partial charge in [-0.15, -0.1) is 0 Å². The number of carbonyl (C=O) groups excluding carboxylic acids is 1. The average molecular weight is 344 g/mol. The number of benzene rings is 1. The van der Waals surface area contributed by atoms with Crippen LogP contribution in [0.25, 0.3) is 0 Å². The van der Waals surface area contributed by atoms with E-state index in [1.807, 2.05) is 11.8 Å². The Kier molecular flexibility index (Phi) is 4.52. The van der Waals surface area contributed by atoms with E-state index >= 15 is 0 Å². The zero-order valence-electron chi connectivity index (χ0n) is 10.4. The van der Waals surface area contributed by atoms with Crippen molar-refractivity contribution in [3.8, 4) is 0 Å². The van der Waals surface area contributed by atoms with Crippen LogP contribution in [0.1, 0.15) is 27.1 Å². The Labute approximate surface area is 124 Å². The first kappa shape index (κ1) is 14.4. The van der Waals surface area contributed by atoms with Crippen LogP contribution < -0.4 is 0 Å². The normalized spacial score (nSPS) is 18.3. The van der Waals surface area contributed by atoms with Gasteiger partial charge in [0, 0.05) is 28.9 Å². The minimum absolute atomic E-state index is 0.118. The highest BCUT2D eigenvalue weighted by atomic mass is 79.9. The number of carboxylic acid groups (broad SMARTS) is 1. The van der Waals surface area contributed by atoms with Crippen molar-refractivity contribution in [3.05, 3.63) is 33.8 Å². The molecule has 0 aliphatic carbocycles. The highest BCUT2D eigenvalue weighted by Crippen LogP contribution is 2.24. The summed E-state index contributed by atoms with van der Waals surface area (Å²) in [4.78, 5) is 25.1. The van der Waals surface area contributed by atoms with Crippen molar-refractivity contribution < 1.29 is 14.7 Å². The summed E-state index contributed by atoms with van der Waals surface area (Å²) in [6.45, 7) is 0.